The normalized spacial score (nSPS) is 17.3. The number of rotatable bonds is 6. The van der Waals surface area contributed by atoms with Gasteiger partial charge in [0, 0.05) is 26.2 Å². The zero-order valence-electron chi connectivity index (χ0n) is 13.3. The van der Waals surface area contributed by atoms with Gasteiger partial charge < -0.3 is 15.0 Å². The van der Waals surface area contributed by atoms with Gasteiger partial charge in [0.25, 0.3) is 0 Å². The summed E-state index contributed by atoms with van der Waals surface area (Å²) in [7, 11) is 1.59. The highest BCUT2D eigenvalue weighted by Crippen LogP contribution is 2.34. The van der Waals surface area contributed by atoms with Gasteiger partial charge in [-0.1, -0.05) is 6.92 Å². The number of aromatic nitrogens is 2. The van der Waals surface area contributed by atoms with Crippen LogP contribution < -0.4 is 10.2 Å². The third kappa shape index (κ3) is 3.82. The van der Waals surface area contributed by atoms with Gasteiger partial charge in [0.2, 0.25) is 11.6 Å². The first-order valence-electron chi connectivity index (χ1n) is 7.52. The Morgan fingerprint density at radius 3 is 2.77 bits per heavy atom. The minimum atomic E-state index is -0.408. The summed E-state index contributed by atoms with van der Waals surface area (Å²) in [4.78, 5) is 21.3. The van der Waals surface area contributed by atoms with E-state index in [0.717, 1.165) is 25.9 Å². The van der Waals surface area contributed by atoms with Gasteiger partial charge in [-0.2, -0.15) is 0 Å². The SMILES string of the molecule is COCC(C)Nc1ncnc(N2CCC(C)CC2)c1[N+](=O)[O-]. The molecular weight excluding hydrogens is 286 g/mol. The smallest absolute Gasteiger partial charge is 0.353 e. The lowest BCUT2D eigenvalue weighted by Gasteiger charge is -2.30. The average molecular weight is 309 g/mol. The number of nitrogens with zero attached hydrogens (tertiary/aromatic N) is 4. The third-order valence-electron chi connectivity index (χ3n) is 3.87. The van der Waals surface area contributed by atoms with E-state index in [1.165, 1.54) is 6.33 Å². The molecule has 22 heavy (non-hydrogen) atoms. The molecule has 8 nitrogen and oxygen atoms in total. The van der Waals surface area contributed by atoms with Gasteiger partial charge in [0.05, 0.1) is 11.5 Å². The van der Waals surface area contributed by atoms with Crippen LogP contribution in [-0.4, -0.2) is 47.7 Å². The summed E-state index contributed by atoms with van der Waals surface area (Å²) in [5, 5.41) is 14.6. The maximum absolute atomic E-state index is 11.5. The minimum Gasteiger partial charge on any atom is -0.383 e. The standard InChI is InChI=1S/C14H23N5O3/c1-10-4-6-18(7-5-10)14-12(19(20)21)13(15-9-16-14)17-11(2)8-22-3/h9-11H,4-8H2,1-3H3,(H,15,16,17). The Morgan fingerprint density at radius 2 is 2.18 bits per heavy atom. The second kappa shape index (κ2) is 7.35. The fourth-order valence-electron chi connectivity index (χ4n) is 2.62. The van der Waals surface area contributed by atoms with Crippen LogP contribution in [0.3, 0.4) is 0 Å². The molecule has 0 aromatic carbocycles. The second-order valence-corrected chi connectivity index (χ2v) is 5.82. The van der Waals surface area contributed by atoms with E-state index in [1.807, 2.05) is 11.8 Å². The lowest BCUT2D eigenvalue weighted by molar-refractivity contribution is -0.383. The van der Waals surface area contributed by atoms with Crippen molar-refractivity contribution in [2.24, 2.45) is 5.92 Å². The van der Waals surface area contributed by atoms with Crippen molar-refractivity contribution in [3.63, 3.8) is 0 Å². The fourth-order valence-corrected chi connectivity index (χ4v) is 2.62. The molecule has 2 heterocycles. The molecule has 1 atom stereocenters. The van der Waals surface area contributed by atoms with Gasteiger partial charge in [0.15, 0.2) is 0 Å². The molecule has 1 aliphatic heterocycles. The van der Waals surface area contributed by atoms with Gasteiger partial charge in [0.1, 0.15) is 6.33 Å². The molecule has 1 fully saturated rings. The van der Waals surface area contributed by atoms with E-state index < -0.39 is 4.92 Å². The van der Waals surface area contributed by atoms with Crippen LogP contribution in [0.4, 0.5) is 17.3 Å². The van der Waals surface area contributed by atoms with Crippen molar-refractivity contribution in [1.82, 2.24) is 9.97 Å². The van der Waals surface area contributed by atoms with Crippen LogP contribution in [-0.2, 0) is 4.74 Å². The van der Waals surface area contributed by atoms with Crippen LogP contribution in [0.25, 0.3) is 0 Å². The van der Waals surface area contributed by atoms with Crippen molar-refractivity contribution in [3.05, 3.63) is 16.4 Å². The molecule has 0 spiro atoms. The molecule has 1 aromatic heterocycles. The molecule has 0 radical (unpaired) electrons. The van der Waals surface area contributed by atoms with E-state index in [1.54, 1.807) is 7.11 Å². The molecule has 122 valence electrons. The molecule has 1 aliphatic rings. The number of nitro groups is 1. The summed E-state index contributed by atoms with van der Waals surface area (Å²) in [6.07, 6.45) is 3.41. The molecule has 2 rings (SSSR count). The molecule has 1 saturated heterocycles. The van der Waals surface area contributed by atoms with Crippen molar-refractivity contribution in [2.45, 2.75) is 32.7 Å². The highest BCUT2D eigenvalue weighted by molar-refractivity contribution is 5.70. The summed E-state index contributed by atoms with van der Waals surface area (Å²) in [6.45, 7) is 6.10. The molecule has 1 aromatic rings. The van der Waals surface area contributed by atoms with Crippen LogP contribution >= 0.6 is 0 Å². The summed E-state index contributed by atoms with van der Waals surface area (Å²) in [5.74, 6) is 1.30. The van der Waals surface area contributed by atoms with Gasteiger partial charge in [-0.05, 0) is 25.7 Å². The van der Waals surface area contributed by atoms with E-state index in [-0.39, 0.29) is 17.5 Å². The topological polar surface area (TPSA) is 93.4 Å². The number of methoxy groups -OCH3 is 1. The Bertz CT molecular complexity index is 517. The molecule has 0 amide bonds. The predicted molar refractivity (Wildman–Crippen MR) is 84.3 cm³/mol. The Kier molecular flexibility index (Phi) is 5.48. The highest BCUT2D eigenvalue weighted by Gasteiger charge is 2.29. The second-order valence-electron chi connectivity index (χ2n) is 5.82. The zero-order valence-corrected chi connectivity index (χ0v) is 13.3. The summed E-state index contributed by atoms with van der Waals surface area (Å²) in [6, 6.07) is -0.0761. The number of hydrogen-bond acceptors (Lipinski definition) is 7. The van der Waals surface area contributed by atoms with Crippen molar-refractivity contribution >= 4 is 17.3 Å². The van der Waals surface area contributed by atoms with Gasteiger partial charge >= 0.3 is 5.69 Å². The Labute approximate surface area is 130 Å². The third-order valence-corrected chi connectivity index (χ3v) is 3.87. The zero-order chi connectivity index (χ0) is 16.1. The summed E-state index contributed by atoms with van der Waals surface area (Å²) >= 11 is 0. The van der Waals surface area contributed by atoms with E-state index >= 15 is 0 Å². The van der Waals surface area contributed by atoms with Gasteiger partial charge in [-0.3, -0.25) is 10.1 Å². The minimum absolute atomic E-state index is 0.0555. The first-order valence-corrected chi connectivity index (χ1v) is 7.52. The van der Waals surface area contributed by atoms with E-state index in [0.29, 0.717) is 18.3 Å². The maximum Gasteiger partial charge on any atom is 0.353 e. The molecular formula is C14H23N5O3. The van der Waals surface area contributed by atoms with Crippen LogP contribution in [0, 0.1) is 16.0 Å². The number of nitrogens with one attached hydrogen (secondary N) is 1. The van der Waals surface area contributed by atoms with Crippen LogP contribution in [0.2, 0.25) is 0 Å². The van der Waals surface area contributed by atoms with E-state index in [9.17, 15) is 10.1 Å². The largest absolute Gasteiger partial charge is 0.383 e. The quantitative estimate of drug-likeness (QED) is 0.635. The van der Waals surface area contributed by atoms with E-state index in [2.05, 4.69) is 22.2 Å². The van der Waals surface area contributed by atoms with Crippen LogP contribution in [0.5, 0.6) is 0 Å². The Hall–Kier alpha value is -1.96. The Morgan fingerprint density at radius 1 is 1.50 bits per heavy atom. The molecule has 0 saturated carbocycles. The first-order chi connectivity index (χ1) is 10.5. The predicted octanol–water partition coefficient (Wildman–Crippen LogP) is 2.07. The molecule has 8 heteroatoms. The van der Waals surface area contributed by atoms with E-state index in [4.69, 9.17) is 4.74 Å². The maximum atomic E-state index is 11.5. The van der Waals surface area contributed by atoms with Crippen molar-refractivity contribution in [3.8, 4) is 0 Å². The van der Waals surface area contributed by atoms with Gasteiger partial charge in [-0.15, -0.1) is 0 Å². The fraction of sp³-hybridized carbons (Fsp3) is 0.714. The van der Waals surface area contributed by atoms with Crippen molar-refractivity contribution in [1.29, 1.82) is 0 Å². The average Bonchev–Trinajstić information content (AvgIpc) is 2.47. The number of piperidine rings is 1. The molecule has 0 aliphatic carbocycles. The lowest BCUT2D eigenvalue weighted by Crippen LogP contribution is -2.34. The molecule has 1 unspecified atom stereocenters. The highest BCUT2D eigenvalue weighted by atomic mass is 16.6. The van der Waals surface area contributed by atoms with Crippen LogP contribution in [0.1, 0.15) is 26.7 Å². The lowest BCUT2D eigenvalue weighted by atomic mass is 9.99. The van der Waals surface area contributed by atoms with Crippen LogP contribution in [0.15, 0.2) is 6.33 Å². The van der Waals surface area contributed by atoms with Crippen molar-refractivity contribution < 1.29 is 9.66 Å². The first kappa shape index (κ1) is 16.4. The number of hydrogen-bond donors (Lipinski definition) is 1. The molecule has 0 bridgehead atoms. The Balaban J connectivity index is 2.28. The monoisotopic (exact) mass is 309 g/mol. The molecule has 1 N–H and O–H groups in total. The van der Waals surface area contributed by atoms with Gasteiger partial charge in [-0.25, -0.2) is 9.97 Å². The summed E-state index contributed by atoms with van der Waals surface area (Å²) < 4.78 is 5.05. The summed E-state index contributed by atoms with van der Waals surface area (Å²) in [5.41, 5.74) is -0.0555. The van der Waals surface area contributed by atoms with Crippen molar-refractivity contribution in [2.75, 3.05) is 37.0 Å². The number of ether oxygens (including phenoxy) is 1. The number of anilines is 2.